The molecule has 3 heteroatoms. The summed E-state index contributed by atoms with van der Waals surface area (Å²) >= 11 is 0. The lowest BCUT2D eigenvalue weighted by atomic mass is 10.1. The van der Waals surface area contributed by atoms with Crippen molar-refractivity contribution in [3.05, 3.63) is 17.5 Å². The van der Waals surface area contributed by atoms with Crippen molar-refractivity contribution in [3.63, 3.8) is 0 Å². The number of aryl methyl sites for hydroxylation is 2. The van der Waals surface area contributed by atoms with Crippen molar-refractivity contribution < 1.29 is 0 Å². The molecule has 1 atom stereocenters. The minimum absolute atomic E-state index is 0.474. The quantitative estimate of drug-likeness (QED) is 0.827. The van der Waals surface area contributed by atoms with Crippen LogP contribution in [0.4, 0.5) is 5.95 Å². The van der Waals surface area contributed by atoms with Crippen LogP contribution in [0.15, 0.2) is 6.07 Å². The fourth-order valence-electron chi connectivity index (χ4n) is 1.98. The van der Waals surface area contributed by atoms with Gasteiger partial charge in [-0.3, -0.25) is 0 Å². The van der Waals surface area contributed by atoms with Gasteiger partial charge in [-0.25, -0.2) is 9.97 Å². The molecule has 0 bridgehead atoms. The van der Waals surface area contributed by atoms with Crippen LogP contribution >= 0.6 is 0 Å². The standard InChI is InChI=1S/C13H21N3/c1-9(4-5-12-6-7-12)14-13-15-10(2)8-11(3)16-13/h8-9,12H,4-7H2,1-3H3,(H,14,15,16). The normalized spacial score (nSPS) is 17.2. The van der Waals surface area contributed by atoms with Gasteiger partial charge < -0.3 is 5.32 Å². The summed E-state index contributed by atoms with van der Waals surface area (Å²) < 4.78 is 0. The average Bonchev–Trinajstić information content (AvgIpc) is 2.96. The predicted molar refractivity (Wildman–Crippen MR) is 66.5 cm³/mol. The highest BCUT2D eigenvalue weighted by molar-refractivity contribution is 5.28. The van der Waals surface area contributed by atoms with E-state index in [1.54, 1.807) is 0 Å². The van der Waals surface area contributed by atoms with Crippen molar-refractivity contribution in [2.45, 2.75) is 52.5 Å². The summed E-state index contributed by atoms with van der Waals surface area (Å²) in [5, 5.41) is 3.38. The molecule has 2 rings (SSSR count). The van der Waals surface area contributed by atoms with E-state index in [0.717, 1.165) is 23.3 Å². The molecule has 1 heterocycles. The van der Waals surface area contributed by atoms with Crippen molar-refractivity contribution in [3.8, 4) is 0 Å². The molecule has 1 unspecified atom stereocenters. The number of anilines is 1. The zero-order chi connectivity index (χ0) is 11.5. The van der Waals surface area contributed by atoms with Crippen LogP contribution < -0.4 is 5.32 Å². The number of nitrogens with zero attached hydrogens (tertiary/aromatic N) is 2. The van der Waals surface area contributed by atoms with E-state index in [9.17, 15) is 0 Å². The van der Waals surface area contributed by atoms with Crippen molar-refractivity contribution in [1.82, 2.24) is 9.97 Å². The molecule has 0 saturated heterocycles. The second-order valence-electron chi connectivity index (χ2n) is 5.04. The van der Waals surface area contributed by atoms with E-state index >= 15 is 0 Å². The number of rotatable bonds is 5. The molecule has 0 amide bonds. The van der Waals surface area contributed by atoms with E-state index in [0.29, 0.717) is 6.04 Å². The molecule has 88 valence electrons. The lowest BCUT2D eigenvalue weighted by Gasteiger charge is -2.14. The molecule has 0 spiro atoms. The topological polar surface area (TPSA) is 37.8 Å². The second-order valence-corrected chi connectivity index (χ2v) is 5.04. The van der Waals surface area contributed by atoms with Crippen molar-refractivity contribution in [2.75, 3.05) is 5.32 Å². The summed E-state index contributed by atoms with van der Waals surface area (Å²) in [4.78, 5) is 8.79. The lowest BCUT2D eigenvalue weighted by Crippen LogP contribution is -2.17. The minimum Gasteiger partial charge on any atom is -0.352 e. The highest BCUT2D eigenvalue weighted by Gasteiger charge is 2.21. The van der Waals surface area contributed by atoms with Crippen LogP contribution in [0.5, 0.6) is 0 Å². The molecule has 1 aliphatic rings. The summed E-state index contributed by atoms with van der Waals surface area (Å²) in [6.07, 6.45) is 5.44. The van der Waals surface area contributed by atoms with Gasteiger partial charge in [0.05, 0.1) is 0 Å². The maximum Gasteiger partial charge on any atom is 0.223 e. The maximum atomic E-state index is 4.39. The molecule has 1 N–H and O–H groups in total. The van der Waals surface area contributed by atoms with Crippen LogP contribution in [0.3, 0.4) is 0 Å². The summed E-state index contributed by atoms with van der Waals surface area (Å²) in [6, 6.07) is 2.47. The van der Waals surface area contributed by atoms with E-state index in [2.05, 4.69) is 22.2 Å². The second kappa shape index (κ2) is 4.81. The van der Waals surface area contributed by atoms with Crippen molar-refractivity contribution >= 4 is 5.95 Å². The fraction of sp³-hybridized carbons (Fsp3) is 0.692. The van der Waals surface area contributed by atoms with Crippen LogP contribution in [-0.2, 0) is 0 Å². The first kappa shape index (κ1) is 11.4. The molecule has 0 radical (unpaired) electrons. The van der Waals surface area contributed by atoms with Gasteiger partial charge in [0.15, 0.2) is 0 Å². The monoisotopic (exact) mass is 219 g/mol. The van der Waals surface area contributed by atoms with Gasteiger partial charge in [0, 0.05) is 17.4 Å². The Labute approximate surface area is 97.7 Å². The van der Waals surface area contributed by atoms with Gasteiger partial charge in [0.1, 0.15) is 0 Å². The molecule has 1 aliphatic carbocycles. The van der Waals surface area contributed by atoms with Gasteiger partial charge in [-0.2, -0.15) is 0 Å². The average molecular weight is 219 g/mol. The molecule has 0 aliphatic heterocycles. The Morgan fingerprint density at radius 2 is 1.94 bits per heavy atom. The minimum atomic E-state index is 0.474. The third-order valence-corrected chi connectivity index (χ3v) is 3.06. The van der Waals surface area contributed by atoms with Crippen LogP contribution in [-0.4, -0.2) is 16.0 Å². The Hall–Kier alpha value is -1.12. The summed E-state index contributed by atoms with van der Waals surface area (Å²) in [7, 11) is 0. The highest BCUT2D eigenvalue weighted by Crippen LogP contribution is 2.34. The number of nitrogens with one attached hydrogen (secondary N) is 1. The Kier molecular flexibility index (Phi) is 3.42. The Balaban J connectivity index is 1.86. The number of hydrogen-bond acceptors (Lipinski definition) is 3. The van der Waals surface area contributed by atoms with Crippen LogP contribution in [0.1, 0.15) is 44.0 Å². The smallest absolute Gasteiger partial charge is 0.223 e. The molecular formula is C13H21N3. The van der Waals surface area contributed by atoms with Gasteiger partial charge in [-0.15, -0.1) is 0 Å². The first-order valence-electron chi connectivity index (χ1n) is 6.22. The largest absolute Gasteiger partial charge is 0.352 e. The van der Waals surface area contributed by atoms with Gasteiger partial charge >= 0.3 is 0 Å². The van der Waals surface area contributed by atoms with E-state index in [1.807, 2.05) is 19.9 Å². The Morgan fingerprint density at radius 1 is 1.31 bits per heavy atom. The van der Waals surface area contributed by atoms with Gasteiger partial charge in [0.25, 0.3) is 0 Å². The van der Waals surface area contributed by atoms with Crippen LogP contribution in [0.25, 0.3) is 0 Å². The van der Waals surface area contributed by atoms with Gasteiger partial charge in [0.2, 0.25) is 5.95 Å². The first-order chi connectivity index (χ1) is 7.63. The summed E-state index contributed by atoms with van der Waals surface area (Å²) in [5.74, 6) is 1.78. The van der Waals surface area contributed by atoms with Crippen molar-refractivity contribution in [1.29, 1.82) is 0 Å². The summed E-state index contributed by atoms with van der Waals surface area (Å²) in [5.41, 5.74) is 2.06. The molecule has 0 aromatic carbocycles. The highest BCUT2D eigenvalue weighted by atomic mass is 15.1. The Morgan fingerprint density at radius 3 is 2.50 bits per heavy atom. The zero-order valence-corrected chi connectivity index (χ0v) is 10.5. The fourth-order valence-corrected chi connectivity index (χ4v) is 1.98. The van der Waals surface area contributed by atoms with E-state index < -0.39 is 0 Å². The van der Waals surface area contributed by atoms with Gasteiger partial charge in [-0.05, 0) is 45.6 Å². The summed E-state index contributed by atoms with van der Waals surface area (Å²) in [6.45, 7) is 6.23. The molecule has 3 nitrogen and oxygen atoms in total. The molecule has 1 aromatic heterocycles. The molecule has 1 fully saturated rings. The molecule has 1 saturated carbocycles. The maximum absolute atomic E-state index is 4.39. The van der Waals surface area contributed by atoms with Gasteiger partial charge in [-0.1, -0.05) is 12.8 Å². The zero-order valence-electron chi connectivity index (χ0n) is 10.5. The first-order valence-corrected chi connectivity index (χ1v) is 6.22. The third kappa shape index (κ3) is 3.47. The van der Waals surface area contributed by atoms with E-state index in [1.165, 1.54) is 25.7 Å². The molecule has 1 aromatic rings. The van der Waals surface area contributed by atoms with Crippen molar-refractivity contribution in [2.24, 2.45) is 5.92 Å². The van der Waals surface area contributed by atoms with E-state index in [-0.39, 0.29) is 0 Å². The predicted octanol–water partition coefficient (Wildman–Crippen LogP) is 3.08. The Bertz CT molecular complexity index is 338. The van der Waals surface area contributed by atoms with Crippen LogP contribution in [0, 0.1) is 19.8 Å². The number of hydrogen-bond donors (Lipinski definition) is 1. The van der Waals surface area contributed by atoms with Crippen LogP contribution in [0.2, 0.25) is 0 Å². The molecular weight excluding hydrogens is 198 g/mol. The number of aromatic nitrogens is 2. The molecule has 16 heavy (non-hydrogen) atoms. The third-order valence-electron chi connectivity index (χ3n) is 3.06. The van der Waals surface area contributed by atoms with E-state index in [4.69, 9.17) is 0 Å². The SMILES string of the molecule is Cc1cc(C)nc(NC(C)CCC2CC2)n1. The lowest BCUT2D eigenvalue weighted by molar-refractivity contribution is 0.606.